The van der Waals surface area contributed by atoms with Gasteiger partial charge >= 0.3 is 0 Å². The van der Waals surface area contributed by atoms with Crippen molar-refractivity contribution in [2.24, 2.45) is 17.3 Å². The molecule has 0 amide bonds. The number of hydrogen-bond acceptors (Lipinski definition) is 6. The summed E-state index contributed by atoms with van der Waals surface area (Å²) in [7, 11) is 3.54. The molecule has 0 radical (unpaired) electrons. The Morgan fingerprint density at radius 2 is 2.24 bits per heavy atom. The number of imidazole rings is 1. The van der Waals surface area contributed by atoms with Crippen LogP contribution in [-0.4, -0.2) is 40.1 Å². The molecule has 2 aromatic rings. The fourth-order valence-electron chi connectivity index (χ4n) is 3.44. The SMILES string of the molecule is CO[C@H]1CCC[C@@H]1Nc1nc(C=c2ccc3c(c2)C=NN=3)c(O)n1C. The van der Waals surface area contributed by atoms with Crippen molar-refractivity contribution in [3.05, 3.63) is 40.0 Å². The maximum absolute atomic E-state index is 10.4. The molecule has 4 rings (SSSR count). The molecule has 1 saturated carbocycles. The van der Waals surface area contributed by atoms with Crippen molar-refractivity contribution in [2.45, 2.75) is 31.4 Å². The Balaban J connectivity index is 1.64. The molecular formula is C18H21N5O2. The number of methoxy groups -OCH3 is 1. The van der Waals surface area contributed by atoms with Crippen molar-refractivity contribution in [3.8, 4) is 5.88 Å². The van der Waals surface area contributed by atoms with Crippen molar-refractivity contribution >= 4 is 18.2 Å². The molecule has 7 heteroatoms. The number of ether oxygens (including phenoxy) is 1. The van der Waals surface area contributed by atoms with E-state index in [-0.39, 0.29) is 18.0 Å². The molecule has 7 nitrogen and oxygen atoms in total. The summed E-state index contributed by atoms with van der Waals surface area (Å²) in [5.74, 6) is 0.781. The topological polar surface area (TPSA) is 84.0 Å². The third-order valence-electron chi connectivity index (χ3n) is 4.88. The quantitative estimate of drug-likeness (QED) is 0.867. The van der Waals surface area contributed by atoms with Crippen molar-refractivity contribution in [3.63, 3.8) is 0 Å². The number of aromatic nitrogens is 2. The molecule has 2 N–H and O–H groups in total. The van der Waals surface area contributed by atoms with Crippen LogP contribution in [0.25, 0.3) is 6.08 Å². The Hall–Kier alpha value is -2.67. The van der Waals surface area contributed by atoms with Crippen LogP contribution in [0.2, 0.25) is 0 Å². The number of anilines is 1. The lowest BCUT2D eigenvalue weighted by Crippen LogP contribution is -2.30. The fraction of sp³-hybridized carbons (Fsp3) is 0.389. The first-order chi connectivity index (χ1) is 12.2. The van der Waals surface area contributed by atoms with Crippen LogP contribution in [-0.2, 0) is 11.8 Å². The van der Waals surface area contributed by atoms with Crippen LogP contribution in [0.4, 0.5) is 5.95 Å². The molecule has 1 aromatic heterocycles. The number of nitrogens with one attached hydrogen (secondary N) is 1. The minimum Gasteiger partial charge on any atom is -0.493 e. The second-order valence-corrected chi connectivity index (χ2v) is 6.47. The van der Waals surface area contributed by atoms with E-state index in [1.165, 1.54) is 0 Å². The lowest BCUT2D eigenvalue weighted by molar-refractivity contribution is 0.101. The van der Waals surface area contributed by atoms with Crippen LogP contribution >= 0.6 is 0 Å². The molecule has 25 heavy (non-hydrogen) atoms. The highest BCUT2D eigenvalue weighted by atomic mass is 16.5. The Kier molecular flexibility index (Phi) is 4.01. The second kappa shape index (κ2) is 6.33. The first-order valence-corrected chi connectivity index (χ1v) is 8.43. The number of nitrogens with zero attached hydrogens (tertiary/aromatic N) is 4. The van der Waals surface area contributed by atoms with E-state index >= 15 is 0 Å². The molecule has 0 saturated heterocycles. The van der Waals surface area contributed by atoms with Gasteiger partial charge in [0.25, 0.3) is 0 Å². The average Bonchev–Trinajstić information content (AvgIpc) is 3.32. The lowest BCUT2D eigenvalue weighted by Gasteiger charge is -2.19. The highest BCUT2D eigenvalue weighted by molar-refractivity contribution is 5.80. The third-order valence-corrected chi connectivity index (χ3v) is 4.88. The highest BCUT2D eigenvalue weighted by Gasteiger charge is 2.28. The Morgan fingerprint density at radius 3 is 3.08 bits per heavy atom. The third kappa shape index (κ3) is 2.91. The normalized spacial score (nSPS) is 22.2. The highest BCUT2D eigenvalue weighted by Crippen LogP contribution is 2.27. The zero-order chi connectivity index (χ0) is 17.4. The van der Waals surface area contributed by atoms with Crippen LogP contribution in [0.5, 0.6) is 5.88 Å². The minimum atomic E-state index is 0.133. The van der Waals surface area contributed by atoms with Gasteiger partial charge in [-0.05, 0) is 42.7 Å². The van der Waals surface area contributed by atoms with Gasteiger partial charge in [0, 0.05) is 19.7 Å². The Morgan fingerprint density at radius 1 is 1.36 bits per heavy atom. The molecule has 130 valence electrons. The molecule has 1 aliphatic heterocycles. The van der Waals surface area contributed by atoms with Gasteiger partial charge in [0.1, 0.15) is 5.69 Å². The van der Waals surface area contributed by atoms with E-state index < -0.39 is 0 Å². The van der Waals surface area contributed by atoms with E-state index in [1.54, 1.807) is 24.9 Å². The first kappa shape index (κ1) is 15.8. The van der Waals surface area contributed by atoms with Crippen LogP contribution in [0.1, 0.15) is 30.5 Å². The van der Waals surface area contributed by atoms with Gasteiger partial charge in [0.05, 0.1) is 23.7 Å². The summed E-state index contributed by atoms with van der Waals surface area (Å²) in [5, 5.41) is 23.6. The van der Waals surface area contributed by atoms with Gasteiger partial charge < -0.3 is 15.2 Å². The van der Waals surface area contributed by atoms with Gasteiger partial charge in [-0.25, -0.2) is 4.98 Å². The molecule has 1 aliphatic carbocycles. The summed E-state index contributed by atoms with van der Waals surface area (Å²) in [5.41, 5.74) is 1.50. The second-order valence-electron chi connectivity index (χ2n) is 6.47. The van der Waals surface area contributed by atoms with Crippen molar-refractivity contribution in [1.29, 1.82) is 0 Å². The summed E-state index contributed by atoms with van der Waals surface area (Å²) in [6.07, 6.45) is 6.99. The van der Waals surface area contributed by atoms with Crippen molar-refractivity contribution in [1.82, 2.24) is 9.55 Å². The molecule has 1 fully saturated rings. The summed E-state index contributed by atoms with van der Waals surface area (Å²) in [6.45, 7) is 0. The van der Waals surface area contributed by atoms with Gasteiger partial charge in [0.2, 0.25) is 11.8 Å². The monoisotopic (exact) mass is 339 g/mol. The predicted octanol–water partition coefficient (Wildman–Crippen LogP) is 0.901. The van der Waals surface area contributed by atoms with Crippen LogP contribution in [0, 0.1) is 0 Å². The molecule has 2 heterocycles. The van der Waals surface area contributed by atoms with Crippen LogP contribution < -0.4 is 15.9 Å². The molecule has 2 aliphatic rings. The average molecular weight is 339 g/mol. The zero-order valence-corrected chi connectivity index (χ0v) is 14.3. The number of aromatic hydroxyl groups is 1. The van der Waals surface area contributed by atoms with Gasteiger partial charge in [-0.1, -0.05) is 6.07 Å². The Labute approximate surface area is 145 Å². The molecule has 1 aromatic carbocycles. The number of rotatable bonds is 4. The fourth-order valence-corrected chi connectivity index (χ4v) is 3.44. The lowest BCUT2D eigenvalue weighted by atomic mass is 10.2. The van der Waals surface area contributed by atoms with E-state index in [1.807, 2.05) is 24.3 Å². The first-order valence-electron chi connectivity index (χ1n) is 8.43. The van der Waals surface area contributed by atoms with Crippen molar-refractivity contribution < 1.29 is 9.84 Å². The Bertz CT molecular complexity index is 947. The predicted molar refractivity (Wildman–Crippen MR) is 95.3 cm³/mol. The van der Waals surface area contributed by atoms with E-state index in [0.29, 0.717) is 11.6 Å². The van der Waals surface area contributed by atoms with Gasteiger partial charge in [-0.15, -0.1) is 0 Å². The van der Waals surface area contributed by atoms with E-state index in [4.69, 9.17) is 4.74 Å². The number of benzene rings is 1. The van der Waals surface area contributed by atoms with Crippen molar-refractivity contribution in [2.75, 3.05) is 12.4 Å². The standard InChI is InChI=1S/C18H21N5O2/c1-23-17(24)15(9-11-6-7-13-12(8-11)10-19-22-13)21-18(23)20-14-4-3-5-16(14)25-2/h6-10,14,16,24H,3-5H2,1-2H3,(H,20,21)/t14-,16-/m0/s1. The van der Waals surface area contributed by atoms with E-state index in [9.17, 15) is 5.11 Å². The molecule has 0 bridgehead atoms. The molecule has 0 spiro atoms. The molecular weight excluding hydrogens is 318 g/mol. The molecule has 2 atom stereocenters. The number of fused-ring (bicyclic) bond motifs is 1. The zero-order valence-electron chi connectivity index (χ0n) is 14.3. The summed E-state index contributed by atoms with van der Waals surface area (Å²) in [4.78, 5) is 4.56. The summed E-state index contributed by atoms with van der Waals surface area (Å²) >= 11 is 0. The maximum Gasteiger partial charge on any atom is 0.220 e. The van der Waals surface area contributed by atoms with E-state index in [2.05, 4.69) is 20.5 Å². The van der Waals surface area contributed by atoms with Crippen LogP contribution in [0.15, 0.2) is 28.4 Å². The largest absolute Gasteiger partial charge is 0.493 e. The van der Waals surface area contributed by atoms with Gasteiger partial charge in [-0.2, -0.15) is 10.2 Å². The minimum absolute atomic E-state index is 0.133. The number of hydrogen-bond donors (Lipinski definition) is 2. The summed E-state index contributed by atoms with van der Waals surface area (Å²) < 4.78 is 7.19. The maximum atomic E-state index is 10.4. The van der Waals surface area contributed by atoms with E-state index in [0.717, 1.165) is 35.4 Å². The van der Waals surface area contributed by atoms with Gasteiger partial charge in [-0.3, -0.25) is 4.57 Å². The van der Waals surface area contributed by atoms with Gasteiger partial charge in [0.15, 0.2) is 0 Å². The molecule has 0 unspecified atom stereocenters. The smallest absolute Gasteiger partial charge is 0.220 e. The summed E-state index contributed by atoms with van der Waals surface area (Å²) in [6, 6.07) is 6.05. The van der Waals surface area contributed by atoms with Crippen LogP contribution in [0.3, 0.4) is 0 Å².